The summed E-state index contributed by atoms with van der Waals surface area (Å²) in [5.41, 5.74) is 2.12. The molecule has 0 aliphatic heterocycles. The average molecular weight is 240 g/mol. The Morgan fingerprint density at radius 2 is 1.56 bits per heavy atom. The van der Waals surface area contributed by atoms with Gasteiger partial charge in [-0.3, -0.25) is 0 Å². The fraction of sp³-hybridized carbons (Fsp3) is 0.294. The lowest BCUT2D eigenvalue weighted by molar-refractivity contribution is 0.0817. The lowest BCUT2D eigenvalue weighted by Gasteiger charge is -2.31. The van der Waals surface area contributed by atoms with Crippen molar-refractivity contribution >= 4 is 0 Å². The van der Waals surface area contributed by atoms with Crippen LogP contribution in [0.5, 0.6) is 5.75 Å². The summed E-state index contributed by atoms with van der Waals surface area (Å²) < 4.78 is 6.27. The minimum absolute atomic E-state index is 0.270. The molecule has 0 bridgehead atoms. The number of aryl methyl sites for hydroxylation is 1. The molecule has 0 aromatic heterocycles. The van der Waals surface area contributed by atoms with Crippen molar-refractivity contribution < 1.29 is 4.74 Å². The van der Waals surface area contributed by atoms with E-state index in [2.05, 4.69) is 51.1 Å². The molecule has 2 aromatic rings. The zero-order valence-corrected chi connectivity index (χ0v) is 11.3. The second-order valence-corrected chi connectivity index (χ2v) is 4.82. The van der Waals surface area contributed by atoms with Crippen molar-refractivity contribution in [2.75, 3.05) is 0 Å². The van der Waals surface area contributed by atoms with Crippen LogP contribution in [-0.4, -0.2) is 0 Å². The number of hydrogen-bond acceptors (Lipinski definition) is 1. The molecular weight excluding hydrogens is 220 g/mol. The van der Waals surface area contributed by atoms with E-state index in [0.29, 0.717) is 0 Å². The zero-order chi connectivity index (χ0) is 13.0. The molecule has 0 aliphatic carbocycles. The molecule has 0 aliphatic rings. The molecule has 2 aromatic carbocycles. The van der Waals surface area contributed by atoms with Crippen LogP contribution in [0.2, 0.25) is 0 Å². The highest BCUT2D eigenvalue weighted by Gasteiger charge is 2.26. The fourth-order valence-corrected chi connectivity index (χ4v) is 2.04. The van der Waals surface area contributed by atoms with Crippen LogP contribution in [0.3, 0.4) is 0 Å². The first kappa shape index (κ1) is 12.7. The molecule has 0 saturated heterocycles. The average Bonchev–Trinajstić information content (AvgIpc) is 2.42. The van der Waals surface area contributed by atoms with Gasteiger partial charge >= 0.3 is 0 Å². The molecule has 0 saturated carbocycles. The normalized spacial score (nSPS) is 13.9. The van der Waals surface area contributed by atoms with E-state index in [1.165, 1.54) is 11.1 Å². The SMILES string of the molecule is CCC(C)(Oc1ccccc1C)c1ccccc1. The third-order valence-corrected chi connectivity index (χ3v) is 3.49. The molecule has 0 amide bonds. The van der Waals surface area contributed by atoms with Gasteiger partial charge in [0.15, 0.2) is 0 Å². The van der Waals surface area contributed by atoms with Crippen LogP contribution < -0.4 is 4.74 Å². The number of para-hydroxylation sites is 1. The van der Waals surface area contributed by atoms with Crippen LogP contribution in [0.15, 0.2) is 54.6 Å². The van der Waals surface area contributed by atoms with Crippen LogP contribution >= 0.6 is 0 Å². The van der Waals surface area contributed by atoms with Crippen molar-refractivity contribution in [2.24, 2.45) is 0 Å². The van der Waals surface area contributed by atoms with Gasteiger partial charge in [-0.25, -0.2) is 0 Å². The third kappa shape index (κ3) is 2.56. The topological polar surface area (TPSA) is 9.23 Å². The standard InChI is InChI=1S/C17H20O/c1-4-17(3,15-11-6-5-7-12-15)18-16-13-9-8-10-14(16)2/h5-13H,4H2,1-3H3. The van der Waals surface area contributed by atoms with Gasteiger partial charge in [0.2, 0.25) is 0 Å². The van der Waals surface area contributed by atoms with Crippen molar-refractivity contribution in [1.82, 2.24) is 0 Å². The Hall–Kier alpha value is -1.76. The number of rotatable bonds is 4. The fourth-order valence-electron chi connectivity index (χ4n) is 2.04. The predicted octanol–water partition coefficient (Wildman–Crippen LogP) is 4.70. The van der Waals surface area contributed by atoms with E-state index in [9.17, 15) is 0 Å². The van der Waals surface area contributed by atoms with Crippen molar-refractivity contribution in [3.63, 3.8) is 0 Å². The highest BCUT2D eigenvalue weighted by Crippen LogP contribution is 2.32. The molecule has 0 heterocycles. The van der Waals surface area contributed by atoms with Crippen LogP contribution in [0.4, 0.5) is 0 Å². The second-order valence-electron chi connectivity index (χ2n) is 4.82. The lowest BCUT2D eigenvalue weighted by atomic mass is 9.93. The molecule has 18 heavy (non-hydrogen) atoms. The summed E-state index contributed by atoms with van der Waals surface area (Å²) in [6.45, 7) is 6.39. The first-order chi connectivity index (χ1) is 8.65. The van der Waals surface area contributed by atoms with E-state index in [-0.39, 0.29) is 5.60 Å². The Morgan fingerprint density at radius 3 is 2.17 bits per heavy atom. The Labute approximate surface area is 109 Å². The molecule has 0 radical (unpaired) electrons. The highest BCUT2D eigenvalue weighted by molar-refractivity contribution is 5.34. The first-order valence-corrected chi connectivity index (χ1v) is 6.46. The maximum absolute atomic E-state index is 6.27. The highest BCUT2D eigenvalue weighted by atomic mass is 16.5. The summed E-state index contributed by atoms with van der Waals surface area (Å²) in [5, 5.41) is 0. The molecule has 1 nitrogen and oxygen atoms in total. The summed E-state index contributed by atoms with van der Waals surface area (Å²) >= 11 is 0. The van der Waals surface area contributed by atoms with Crippen LogP contribution in [0.1, 0.15) is 31.4 Å². The quantitative estimate of drug-likeness (QED) is 0.752. The van der Waals surface area contributed by atoms with E-state index < -0.39 is 0 Å². The van der Waals surface area contributed by atoms with Gasteiger partial charge in [0.1, 0.15) is 11.4 Å². The summed E-state index contributed by atoms with van der Waals surface area (Å²) in [6.07, 6.45) is 0.936. The molecular formula is C17H20O. The van der Waals surface area contributed by atoms with Crippen LogP contribution in [0.25, 0.3) is 0 Å². The van der Waals surface area contributed by atoms with Gasteiger partial charge in [-0.05, 0) is 37.5 Å². The van der Waals surface area contributed by atoms with Gasteiger partial charge in [0, 0.05) is 0 Å². The van der Waals surface area contributed by atoms with E-state index in [0.717, 1.165) is 12.2 Å². The Kier molecular flexibility index (Phi) is 3.71. The van der Waals surface area contributed by atoms with Gasteiger partial charge in [-0.15, -0.1) is 0 Å². The number of ether oxygens (including phenoxy) is 1. The van der Waals surface area contributed by atoms with Crippen LogP contribution in [0, 0.1) is 6.92 Å². The van der Waals surface area contributed by atoms with Crippen molar-refractivity contribution in [3.8, 4) is 5.75 Å². The summed E-state index contributed by atoms with van der Waals surface area (Å²) in [6, 6.07) is 18.6. The molecule has 1 unspecified atom stereocenters. The van der Waals surface area contributed by atoms with Crippen molar-refractivity contribution in [2.45, 2.75) is 32.8 Å². The monoisotopic (exact) mass is 240 g/mol. The predicted molar refractivity (Wildman–Crippen MR) is 75.9 cm³/mol. The largest absolute Gasteiger partial charge is 0.483 e. The van der Waals surface area contributed by atoms with Crippen molar-refractivity contribution in [3.05, 3.63) is 65.7 Å². The molecule has 0 N–H and O–H groups in total. The molecule has 0 fully saturated rings. The maximum Gasteiger partial charge on any atom is 0.131 e. The Morgan fingerprint density at radius 1 is 0.944 bits per heavy atom. The van der Waals surface area contributed by atoms with Gasteiger partial charge < -0.3 is 4.74 Å². The smallest absolute Gasteiger partial charge is 0.131 e. The summed E-state index contributed by atoms with van der Waals surface area (Å²) in [7, 11) is 0. The number of benzene rings is 2. The Bertz CT molecular complexity index is 504. The minimum Gasteiger partial charge on any atom is -0.483 e. The van der Waals surface area contributed by atoms with E-state index in [4.69, 9.17) is 4.74 Å². The second kappa shape index (κ2) is 5.26. The third-order valence-electron chi connectivity index (χ3n) is 3.49. The van der Waals surface area contributed by atoms with E-state index in [1.807, 2.05) is 24.3 Å². The van der Waals surface area contributed by atoms with Gasteiger partial charge in [-0.1, -0.05) is 55.5 Å². The van der Waals surface area contributed by atoms with Gasteiger partial charge in [-0.2, -0.15) is 0 Å². The molecule has 94 valence electrons. The lowest BCUT2D eigenvalue weighted by Crippen LogP contribution is -2.28. The molecule has 0 spiro atoms. The first-order valence-electron chi connectivity index (χ1n) is 6.46. The summed E-state index contributed by atoms with van der Waals surface area (Å²) in [4.78, 5) is 0. The zero-order valence-electron chi connectivity index (χ0n) is 11.3. The van der Waals surface area contributed by atoms with Crippen molar-refractivity contribution in [1.29, 1.82) is 0 Å². The van der Waals surface area contributed by atoms with E-state index >= 15 is 0 Å². The van der Waals surface area contributed by atoms with Gasteiger partial charge in [0.05, 0.1) is 0 Å². The van der Waals surface area contributed by atoms with E-state index in [1.54, 1.807) is 0 Å². The molecule has 1 heteroatoms. The Balaban J connectivity index is 2.32. The minimum atomic E-state index is -0.270. The molecule has 2 rings (SSSR count). The maximum atomic E-state index is 6.27. The molecule has 1 atom stereocenters. The van der Waals surface area contributed by atoms with Crippen LogP contribution in [-0.2, 0) is 5.60 Å². The van der Waals surface area contributed by atoms with Gasteiger partial charge in [0.25, 0.3) is 0 Å². The number of hydrogen-bond donors (Lipinski definition) is 0. The summed E-state index contributed by atoms with van der Waals surface area (Å²) in [5.74, 6) is 0.964.